The van der Waals surface area contributed by atoms with Gasteiger partial charge >= 0.3 is 0 Å². The van der Waals surface area contributed by atoms with Crippen LogP contribution in [-0.2, 0) is 6.42 Å². The molecule has 1 aliphatic carbocycles. The molecule has 0 aromatic heterocycles. The molecule has 1 nitrogen and oxygen atoms in total. The van der Waals surface area contributed by atoms with Crippen molar-refractivity contribution >= 4 is 0 Å². The van der Waals surface area contributed by atoms with E-state index in [0.717, 1.165) is 19.4 Å². The summed E-state index contributed by atoms with van der Waals surface area (Å²) in [4.78, 5) is 0. The molecule has 15 heavy (non-hydrogen) atoms. The SMILES string of the molecule is C#CC(NCCC)C1Cc2ccccc21. The lowest BCUT2D eigenvalue weighted by molar-refractivity contribution is 0.470. The monoisotopic (exact) mass is 199 g/mol. The van der Waals surface area contributed by atoms with Gasteiger partial charge in [0.05, 0.1) is 6.04 Å². The molecule has 1 aromatic carbocycles. The van der Waals surface area contributed by atoms with Crippen molar-refractivity contribution in [3.63, 3.8) is 0 Å². The van der Waals surface area contributed by atoms with Crippen LogP contribution < -0.4 is 5.32 Å². The topological polar surface area (TPSA) is 12.0 Å². The van der Waals surface area contributed by atoms with Crippen LogP contribution in [0.3, 0.4) is 0 Å². The predicted octanol–water partition coefficient (Wildman–Crippen LogP) is 2.33. The molecule has 0 radical (unpaired) electrons. The minimum absolute atomic E-state index is 0.208. The van der Waals surface area contributed by atoms with Gasteiger partial charge in [-0.3, -0.25) is 0 Å². The van der Waals surface area contributed by atoms with Crippen molar-refractivity contribution in [3.05, 3.63) is 35.4 Å². The summed E-state index contributed by atoms with van der Waals surface area (Å²) in [5.74, 6) is 3.39. The maximum absolute atomic E-state index is 5.57. The number of hydrogen-bond acceptors (Lipinski definition) is 1. The van der Waals surface area contributed by atoms with Crippen molar-refractivity contribution in [3.8, 4) is 12.3 Å². The Hall–Kier alpha value is -1.26. The van der Waals surface area contributed by atoms with Crippen LogP contribution in [0, 0.1) is 12.3 Å². The second kappa shape index (κ2) is 4.51. The molecule has 0 bridgehead atoms. The second-order valence-corrected chi connectivity index (χ2v) is 4.11. The Morgan fingerprint density at radius 3 is 3.00 bits per heavy atom. The first-order valence-electron chi connectivity index (χ1n) is 5.64. The quantitative estimate of drug-likeness (QED) is 0.734. The highest BCUT2D eigenvalue weighted by atomic mass is 14.9. The van der Waals surface area contributed by atoms with Crippen LogP contribution in [0.5, 0.6) is 0 Å². The van der Waals surface area contributed by atoms with Crippen LogP contribution in [0.4, 0.5) is 0 Å². The van der Waals surface area contributed by atoms with E-state index in [1.54, 1.807) is 0 Å². The minimum atomic E-state index is 0.208. The molecule has 0 amide bonds. The molecule has 1 heteroatoms. The van der Waals surface area contributed by atoms with Gasteiger partial charge in [-0.1, -0.05) is 37.1 Å². The molecule has 1 aliphatic rings. The Balaban J connectivity index is 2.05. The van der Waals surface area contributed by atoms with Crippen molar-refractivity contribution in [2.45, 2.75) is 31.7 Å². The zero-order valence-corrected chi connectivity index (χ0v) is 9.16. The summed E-state index contributed by atoms with van der Waals surface area (Å²) in [7, 11) is 0. The Bertz CT molecular complexity index is 375. The molecule has 78 valence electrons. The first kappa shape index (κ1) is 10.3. The maximum atomic E-state index is 5.57. The molecule has 2 rings (SSSR count). The van der Waals surface area contributed by atoms with E-state index in [4.69, 9.17) is 6.42 Å². The highest BCUT2D eigenvalue weighted by Crippen LogP contribution is 2.36. The van der Waals surface area contributed by atoms with Crippen molar-refractivity contribution in [2.24, 2.45) is 0 Å². The molecule has 0 fully saturated rings. The molecule has 1 N–H and O–H groups in total. The van der Waals surface area contributed by atoms with E-state index >= 15 is 0 Å². The third-order valence-electron chi connectivity index (χ3n) is 3.09. The Kier molecular flexibility index (Phi) is 3.08. The second-order valence-electron chi connectivity index (χ2n) is 4.11. The first-order chi connectivity index (χ1) is 7.36. The van der Waals surface area contributed by atoms with Gasteiger partial charge in [-0.05, 0) is 30.5 Å². The van der Waals surface area contributed by atoms with Crippen molar-refractivity contribution < 1.29 is 0 Å². The molecule has 0 saturated carbocycles. The fourth-order valence-corrected chi connectivity index (χ4v) is 2.21. The number of terminal acetylenes is 1. The van der Waals surface area contributed by atoms with E-state index in [1.807, 2.05) is 0 Å². The van der Waals surface area contributed by atoms with Crippen LogP contribution in [0.25, 0.3) is 0 Å². The number of hydrogen-bond donors (Lipinski definition) is 1. The van der Waals surface area contributed by atoms with Gasteiger partial charge in [0.2, 0.25) is 0 Å². The fraction of sp³-hybridized carbons (Fsp3) is 0.429. The summed E-state index contributed by atoms with van der Waals surface area (Å²) in [6.07, 6.45) is 7.83. The van der Waals surface area contributed by atoms with E-state index < -0.39 is 0 Å². The highest BCUT2D eigenvalue weighted by molar-refractivity contribution is 5.42. The van der Waals surface area contributed by atoms with Gasteiger partial charge in [0.1, 0.15) is 0 Å². The lowest BCUT2D eigenvalue weighted by Crippen LogP contribution is -2.39. The molecular weight excluding hydrogens is 182 g/mol. The lowest BCUT2D eigenvalue weighted by atomic mass is 9.73. The first-order valence-corrected chi connectivity index (χ1v) is 5.64. The van der Waals surface area contributed by atoms with E-state index in [-0.39, 0.29) is 6.04 Å². The van der Waals surface area contributed by atoms with E-state index in [0.29, 0.717) is 5.92 Å². The Morgan fingerprint density at radius 2 is 2.33 bits per heavy atom. The third kappa shape index (κ3) is 1.91. The highest BCUT2D eigenvalue weighted by Gasteiger charge is 2.31. The Morgan fingerprint density at radius 1 is 1.53 bits per heavy atom. The standard InChI is InChI=1S/C14H17N/c1-3-9-15-14(4-2)13-10-11-7-5-6-8-12(11)13/h2,5-8,13-15H,3,9-10H2,1H3. The Labute approximate surface area is 91.9 Å². The number of rotatable bonds is 4. The van der Waals surface area contributed by atoms with Gasteiger partial charge in [-0.25, -0.2) is 0 Å². The van der Waals surface area contributed by atoms with Gasteiger partial charge in [-0.15, -0.1) is 6.42 Å². The van der Waals surface area contributed by atoms with Gasteiger partial charge in [0.25, 0.3) is 0 Å². The molecular formula is C14H17N. The molecule has 2 atom stereocenters. The van der Waals surface area contributed by atoms with Gasteiger partial charge in [0, 0.05) is 5.92 Å². The summed E-state index contributed by atoms with van der Waals surface area (Å²) in [5, 5.41) is 3.43. The zero-order chi connectivity index (χ0) is 10.7. The summed E-state index contributed by atoms with van der Waals surface area (Å²) in [6.45, 7) is 3.17. The van der Waals surface area contributed by atoms with Crippen molar-refractivity contribution in [1.82, 2.24) is 5.32 Å². The van der Waals surface area contributed by atoms with Crippen LogP contribution in [0.2, 0.25) is 0 Å². The zero-order valence-electron chi connectivity index (χ0n) is 9.16. The summed E-state index contributed by atoms with van der Waals surface area (Å²) in [6, 6.07) is 8.79. The van der Waals surface area contributed by atoms with E-state index in [2.05, 4.69) is 42.4 Å². The third-order valence-corrected chi connectivity index (χ3v) is 3.09. The van der Waals surface area contributed by atoms with Crippen molar-refractivity contribution in [2.75, 3.05) is 6.54 Å². The van der Waals surface area contributed by atoms with Crippen LogP contribution >= 0.6 is 0 Å². The predicted molar refractivity (Wildman–Crippen MR) is 63.8 cm³/mol. The number of nitrogens with one attached hydrogen (secondary N) is 1. The summed E-state index contributed by atoms with van der Waals surface area (Å²) < 4.78 is 0. The molecule has 2 unspecified atom stereocenters. The largest absolute Gasteiger partial charge is 0.303 e. The normalized spacial score (nSPS) is 19.9. The lowest BCUT2D eigenvalue weighted by Gasteiger charge is -2.34. The maximum Gasteiger partial charge on any atom is 0.0759 e. The van der Waals surface area contributed by atoms with E-state index in [1.165, 1.54) is 11.1 Å². The van der Waals surface area contributed by atoms with Gasteiger partial charge in [0.15, 0.2) is 0 Å². The smallest absolute Gasteiger partial charge is 0.0759 e. The van der Waals surface area contributed by atoms with Gasteiger partial charge < -0.3 is 5.32 Å². The van der Waals surface area contributed by atoms with E-state index in [9.17, 15) is 0 Å². The molecule has 0 heterocycles. The average Bonchev–Trinajstić information content (AvgIpc) is 2.24. The van der Waals surface area contributed by atoms with Gasteiger partial charge in [-0.2, -0.15) is 0 Å². The minimum Gasteiger partial charge on any atom is -0.303 e. The molecule has 0 spiro atoms. The van der Waals surface area contributed by atoms with Crippen molar-refractivity contribution in [1.29, 1.82) is 0 Å². The summed E-state index contributed by atoms with van der Waals surface area (Å²) >= 11 is 0. The van der Waals surface area contributed by atoms with Crippen LogP contribution in [0.15, 0.2) is 24.3 Å². The average molecular weight is 199 g/mol. The van der Waals surface area contributed by atoms with Crippen LogP contribution in [-0.4, -0.2) is 12.6 Å². The molecule has 0 saturated heterocycles. The summed E-state index contributed by atoms with van der Waals surface area (Å²) in [5.41, 5.74) is 2.89. The molecule has 0 aliphatic heterocycles. The molecule has 1 aromatic rings. The fourth-order valence-electron chi connectivity index (χ4n) is 2.21. The van der Waals surface area contributed by atoms with Crippen LogP contribution in [0.1, 0.15) is 30.4 Å². The number of fused-ring (bicyclic) bond motifs is 1. The number of benzene rings is 1.